The molecule has 31 heavy (non-hydrogen) atoms. The highest BCUT2D eigenvalue weighted by molar-refractivity contribution is 6.04. The second-order valence-electron chi connectivity index (χ2n) is 6.47. The summed E-state index contributed by atoms with van der Waals surface area (Å²) >= 11 is 0. The van der Waals surface area contributed by atoms with Crippen LogP contribution in [0.1, 0.15) is 33.2 Å². The molecule has 3 rings (SSSR count). The number of carbonyl (C=O) groups excluding carboxylic acids is 3. The molecule has 7 nitrogen and oxygen atoms in total. The molecule has 0 atom stereocenters. The molecule has 0 unspecified atom stereocenters. The number of anilines is 1. The van der Waals surface area contributed by atoms with Gasteiger partial charge in [0.2, 0.25) is 0 Å². The Labute approximate surface area is 180 Å². The highest BCUT2D eigenvalue weighted by Gasteiger charge is 2.11. The zero-order valence-electron chi connectivity index (χ0n) is 17.0. The Morgan fingerprint density at radius 1 is 0.774 bits per heavy atom. The third-order valence-corrected chi connectivity index (χ3v) is 4.32. The zero-order chi connectivity index (χ0) is 22.1. The van der Waals surface area contributed by atoms with Crippen LogP contribution < -0.4 is 15.4 Å². The van der Waals surface area contributed by atoms with Gasteiger partial charge in [-0.25, -0.2) is 4.79 Å². The molecule has 0 fully saturated rings. The Bertz CT molecular complexity index is 1050. The van der Waals surface area contributed by atoms with Crippen molar-refractivity contribution in [2.24, 2.45) is 0 Å². The summed E-state index contributed by atoms with van der Waals surface area (Å²) < 4.78 is 9.68. The van der Waals surface area contributed by atoms with Crippen LogP contribution in [-0.2, 0) is 11.3 Å². The number of rotatable bonds is 7. The molecule has 7 heteroatoms. The van der Waals surface area contributed by atoms with E-state index in [0.29, 0.717) is 16.8 Å². The predicted octanol–water partition coefficient (Wildman–Crippen LogP) is 4.40. The summed E-state index contributed by atoms with van der Waals surface area (Å²) in [5.41, 5.74) is 2.34. The normalized spacial score (nSPS) is 10.1. The first-order chi connectivity index (χ1) is 15.1. The van der Waals surface area contributed by atoms with Gasteiger partial charge >= 0.3 is 6.16 Å². The minimum atomic E-state index is -0.797. The van der Waals surface area contributed by atoms with Gasteiger partial charge in [0.05, 0.1) is 6.61 Å². The minimum Gasteiger partial charge on any atom is -0.434 e. The van der Waals surface area contributed by atoms with Crippen LogP contribution in [0.2, 0.25) is 0 Å². The smallest absolute Gasteiger partial charge is 0.434 e. The summed E-state index contributed by atoms with van der Waals surface area (Å²) in [7, 11) is 0. The summed E-state index contributed by atoms with van der Waals surface area (Å²) in [6.07, 6.45) is -0.797. The number of benzene rings is 3. The molecule has 3 aromatic rings. The molecule has 0 aliphatic carbocycles. The molecule has 158 valence electrons. The van der Waals surface area contributed by atoms with Crippen LogP contribution in [0, 0.1) is 0 Å². The Balaban J connectivity index is 1.60. The Kier molecular flexibility index (Phi) is 7.37. The van der Waals surface area contributed by atoms with Gasteiger partial charge in [-0.05, 0) is 55.0 Å². The molecule has 0 bridgehead atoms. The lowest BCUT2D eigenvalue weighted by Crippen LogP contribution is -2.24. The van der Waals surface area contributed by atoms with E-state index in [9.17, 15) is 14.4 Å². The molecular weight excluding hydrogens is 396 g/mol. The van der Waals surface area contributed by atoms with Crippen LogP contribution in [0.3, 0.4) is 0 Å². The number of amides is 2. The van der Waals surface area contributed by atoms with E-state index in [0.717, 1.165) is 5.56 Å². The molecular formula is C24H22N2O5. The molecule has 0 aromatic heterocycles. The van der Waals surface area contributed by atoms with Crippen LogP contribution in [0.15, 0.2) is 78.9 Å². The fourth-order valence-electron chi connectivity index (χ4n) is 2.78. The molecule has 0 heterocycles. The fourth-order valence-corrected chi connectivity index (χ4v) is 2.78. The van der Waals surface area contributed by atoms with Crippen molar-refractivity contribution in [3.05, 3.63) is 95.6 Å². The first-order valence-electron chi connectivity index (χ1n) is 9.74. The second kappa shape index (κ2) is 10.6. The van der Waals surface area contributed by atoms with Crippen LogP contribution in [-0.4, -0.2) is 24.6 Å². The lowest BCUT2D eigenvalue weighted by atomic mass is 10.1. The average Bonchev–Trinajstić information content (AvgIpc) is 2.79. The van der Waals surface area contributed by atoms with E-state index in [1.54, 1.807) is 49.4 Å². The molecule has 0 radical (unpaired) electrons. The number of ether oxygens (including phenoxy) is 2. The summed E-state index contributed by atoms with van der Waals surface area (Å²) in [5, 5.41) is 5.70. The van der Waals surface area contributed by atoms with Crippen LogP contribution in [0.5, 0.6) is 5.75 Å². The molecule has 0 saturated carbocycles. The van der Waals surface area contributed by atoms with Crippen molar-refractivity contribution in [2.75, 3.05) is 11.9 Å². The minimum absolute atomic E-state index is 0.215. The van der Waals surface area contributed by atoms with Crippen molar-refractivity contribution in [3.8, 4) is 5.75 Å². The van der Waals surface area contributed by atoms with Gasteiger partial charge in [-0.15, -0.1) is 0 Å². The molecule has 2 N–H and O–H groups in total. The van der Waals surface area contributed by atoms with E-state index in [4.69, 9.17) is 9.47 Å². The summed E-state index contributed by atoms with van der Waals surface area (Å²) in [6, 6.07) is 22.3. The fraction of sp³-hybridized carbons (Fsp3) is 0.125. The van der Waals surface area contributed by atoms with Gasteiger partial charge in [0.15, 0.2) is 0 Å². The van der Waals surface area contributed by atoms with Gasteiger partial charge in [-0.2, -0.15) is 0 Å². The Hall–Kier alpha value is -4.13. The SMILES string of the molecule is CCOC(=O)Oc1ccc(C(=O)NCc2ccccc2NC(=O)c2ccccc2)cc1. The van der Waals surface area contributed by atoms with Gasteiger partial charge in [-0.1, -0.05) is 36.4 Å². The lowest BCUT2D eigenvalue weighted by molar-refractivity contribution is 0.0950. The summed E-state index contributed by atoms with van der Waals surface area (Å²) in [6.45, 7) is 2.12. The molecule has 0 spiro atoms. The van der Waals surface area contributed by atoms with Crippen molar-refractivity contribution in [1.82, 2.24) is 5.32 Å². The van der Waals surface area contributed by atoms with Crippen LogP contribution in [0.25, 0.3) is 0 Å². The third-order valence-electron chi connectivity index (χ3n) is 4.32. The van der Waals surface area contributed by atoms with Crippen LogP contribution >= 0.6 is 0 Å². The maximum absolute atomic E-state index is 12.5. The van der Waals surface area contributed by atoms with E-state index in [-0.39, 0.29) is 30.7 Å². The highest BCUT2D eigenvalue weighted by Crippen LogP contribution is 2.17. The maximum Gasteiger partial charge on any atom is 0.513 e. The number of para-hydroxylation sites is 1. The molecule has 0 aliphatic heterocycles. The van der Waals surface area contributed by atoms with E-state index in [2.05, 4.69) is 10.6 Å². The number of hydrogen-bond acceptors (Lipinski definition) is 5. The van der Waals surface area contributed by atoms with E-state index >= 15 is 0 Å². The zero-order valence-corrected chi connectivity index (χ0v) is 17.0. The number of hydrogen-bond donors (Lipinski definition) is 2. The van der Waals surface area contributed by atoms with Crippen molar-refractivity contribution in [3.63, 3.8) is 0 Å². The van der Waals surface area contributed by atoms with Gasteiger partial charge in [0.25, 0.3) is 11.8 Å². The van der Waals surface area contributed by atoms with E-state index in [1.807, 2.05) is 24.3 Å². The first-order valence-corrected chi connectivity index (χ1v) is 9.74. The summed E-state index contributed by atoms with van der Waals surface area (Å²) in [4.78, 5) is 36.2. The monoisotopic (exact) mass is 418 g/mol. The topological polar surface area (TPSA) is 93.7 Å². The average molecular weight is 418 g/mol. The quantitative estimate of drug-likeness (QED) is 0.438. The second-order valence-corrected chi connectivity index (χ2v) is 6.47. The van der Waals surface area contributed by atoms with Gasteiger partial charge in [0.1, 0.15) is 5.75 Å². The molecule has 2 amide bonds. The Morgan fingerprint density at radius 2 is 1.42 bits per heavy atom. The largest absolute Gasteiger partial charge is 0.513 e. The maximum atomic E-state index is 12.5. The van der Waals surface area contributed by atoms with Crippen molar-refractivity contribution in [2.45, 2.75) is 13.5 Å². The van der Waals surface area contributed by atoms with Gasteiger partial charge < -0.3 is 20.1 Å². The van der Waals surface area contributed by atoms with Crippen molar-refractivity contribution in [1.29, 1.82) is 0 Å². The molecule has 0 saturated heterocycles. The predicted molar refractivity (Wildman–Crippen MR) is 116 cm³/mol. The van der Waals surface area contributed by atoms with E-state index < -0.39 is 6.16 Å². The molecule has 3 aromatic carbocycles. The number of carbonyl (C=O) groups is 3. The van der Waals surface area contributed by atoms with E-state index in [1.165, 1.54) is 12.1 Å². The highest BCUT2D eigenvalue weighted by atomic mass is 16.7. The van der Waals surface area contributed by atoms with Crippen molar-refractivity contribution < 1.29 is 23.9 Å². The van der Waals surface area contributed by atoms with Gasteiger partial charge in [0, 0.05) is 23.4 Å². The number of nitrogens with one attached hydrogen (secondary N) is 2. The van der Waals surface area contributed by atoms with Crippen LogP contribution in [0.4, 0.5) is 10.5 Å². The summed E-state index contributed by atoms with van der Waals surface area (Å²) in [5.74, 6) is -0.243. The lowest BCUT2D eigenvalue weighted by Gasteiger charge is -2.12. The molecule has 0 aliphatic rings. The Morgan fingerprint density at radius 3 is 2.13 bits per heavy atom. The third kappa shape index (κ3) is 6.17. The van der Waals surface area contributed by atoms with Gasteiger partial charge in [-0.3, -0.25) is 9.59 Å². The standard InChI is InChI=1S/C24H22N2O5/c1-2-30-24(29)31-20-14-12-18(13-15-20)22(27)25-16-19-10-6-7-11-21(19)26-23(28)17-8-4-3-5-9-17/h3-15H,2,16H2,1H3,(H,25,27)(H,26,28). The first kappa shape index (κ1) is 21.6. The van der Waals surface area contributed by atoms with Crippen molar-refractivity contribution >= 4 is 23.7 Å².